The number of nitrogens with one attached hydrogen (secondary N) is 1. The number of carbonyl (C=O) groups excluding carboxylic acids is 1. The molecule has 0 unspecified atom stereocenters. The first-order valence-electron chi connectivity index (χ1n) is 8.76. The molecule has 9 nitrogen and oxygen atoms in total. The van der Waals surface area contributed by atoms with E-state index in [9.17, 15) is 4.79 Å². The van der Waals surface area contributed by atoms with Gasteiger partial charge in [0.1, 0.15) is 12.1 Å². The zero-order valence-corrected chi connectivity index (χ0v) is 15.3. The zero-order valence-electron chi connectivity index (χ0n) is 15.3. The van der Waals surface area contributed by atoms with Crippen molar-refractivity contribution in [2.24, 2.45) is 0 Å². The van der Waals surface area contributed by atoms with Gasteiger partial charge in [-0.25, -0.2) is 14.8 Å². The lowest BCUT2D eigenvalue weighted by Gasteiger charge is -2.30. The van der Waals surface area contributed by atoms with Crippen molar-refractivity contribution >= 4 is 11.8 Å². The number of nitrogens with zero attached hydrogens (tertiary/aromatic N) is 5. The molecular weight excluding hydrogens is 336 g/mol. The van der Waals surface area contributed by atoms with Crippen molar-refractivity contribution in [2.75, 3.05) is 25.5 Å². The molecule has 1 aliphatic heterocycles. The Morgan fingerprint density at radius 1 is 1.38 bits per heavy atom. The maximum atomic E-state index is 12.4. The van der Waals surface area contributed by atoms with E-state index in [1.54, 1.807) is 18.1 Å². The van der Waals surface area contributed by atoms with Crippen molar-refractivity contribution in [1.29, 1.82) is 0 Å². The van der Waals surface area contributed by atoms with E-state index in [4.69, 9.17) is 9.26 Å². The summed E-state index contributed by atoms with van der Waals surface area (Å²) in [6.45, 7) is 5.70. The van der Waals surface area contributed by atoms with E-state index in [-0.39, 0.29) is 17.9 Å². The van der Waals surface area contributed by atoms with E-state index in [0.717, 1.165) is 24.4 Å². The Hall–Kier alpha value is -2.55. The normalized spacial score (nSPS) is 15.5. The summed E-state index contributed by atoms with van der Waals surface area (Å²) in [5.41, 5.74) is 0.717. The highest BCUT2D eigenvalue weighted by Gasteiger charge is 2.27. The SMILES string of the molecule is COCc1cc(NC(=O)N2CCC(c3noc(C(C)C)n3)CC2)ncn1. The molecule has 2 aromatic heterocycles. The topological polar surface area (TPSA) is 106 Å². The van der Waals surface area contributed by atoms with E-state index in [1.807, 2.05) is 13.8 Å². The summed E-state index contributed by atoms with van der Waals surface area (Å²) in [6, 6.07) is 1.54. The maximum absolute atomic E-state index is 12.4. The fourth-order valence-electron chi connectivity index (χ4n) is 2.87. The first-order chi connectivity index (χ1) is 12.6. The molecule has 1 aliphatic rings. The highest BCUT2D eigenvalue weighted by molar-refractivity contribution is 5.88. The first kappa shape index (κ1) is 18.2. The van der Waals surface area contributed by atoms with Gasteiger partial charge in [-0.05, 0) is 12.8 Å². The van der Waals surface area contributed by atoms with Crippen molar-refractivity contribution in [1.82, 2.24) is 25.0 Å². The van der Waals surface area contributed by atoms with Crippen molar-refractivity contribution in [3.05, 3.63) is 29.8 Å². The monoisotopic (exact) mass is 360 g/mol. The van der Waals surface area contributed by atoms with Gasteiger partial charge in [0.05, 0.1) is 12.3 Å². The Balaban J connectivity index is 1.54. The number of hydrogen-bond donors (Lipinski definition) is 1. The average molecular weight is 360 g/mol. The lowest BCUT2D eigenvalue weighted by Crippen LogP contribution is -2.40. The second-order valence-corrected chi connectivity index (χ2v) is 6.66. The van der Waals surface area contributed by atoms with E-state index >= 15 is 0 Å². The van der Waals surface area contributed by atoms with Crippen molar-refractivity contribution in [2.45, 2.75) is 45.1 Å². The zero-order chi connectivity index (χ0) is 18.5. The quantitative estimate of drug-likeness (QED) is 0.873. The van der Waals surface area contributed by atoms with Crippen LogP contribution in [-0.4, -0.2) is 51.2 Å². The largest absolute Gasteiger partial charge is 0.378 e. The number of likely N-dealkylation sites (tertiary alicyclic amines) is 1. The molecule has 0 bridgehead atoms. The number of ether oxygens (including phenoxy) is 1. The van der Waals surface area contributed by atoms with Crippen LogP contribution in [0.15, 0.2) is 16.9 Å². The van der Waals surface area contributed by atoms with E-state index in [2.05, 4.69) is 25.4 Å². The third-order valence-electron chi connectivity index (χ3n) is 4.35. The van der Waals surface area contributed by atoms with E-state index < -0.39 is 0 Å². The van der Waals surface area contributed by atoms with E-state index in [1.165, 1.54) is 6.33 Å². The molecule has 1 fully saturated rings. The molecule has 0 aliphatic carbocycles. The van der Waals surface area contributed by atoms with Crippen LogP contribution in [0, 0.1) is 0 Å². The number of methoxy groups -OCH3 is 1. The fourth-order valence-corrected chi connectivity index (χ4v) is 2.87. The van der Waals surface area contributed by atoms with Crippen LogP contribution in [-0.2, 0) is 11.3 Å². The fraction of sp³-hybridized carbons (Fsp3) is 0.588. The number of carbonyl (C=O) groups is 1. The molecule has 2 aromatic rings. The minimum absolute atomic E-state index is 0.165. The molecule has 26 heavy (non-hydrogen) atoms. The Bertz CT molecular complexity index is 740. The molecule has 9 heteroatoms. The van der Waals surface area contributed by atoms with Crippen LogP contribution in [0.4, 0.5) is 10.6 Å². The van der Waals surface area contributed by atoms with Crippen LogP contribution in [0.2, 0.25) is 0 Å². The summed E-state index contributed by atoms with van der Waals surface area (Å²) < 4.78 is 10.3. The van der Waals surface area contributed by atoms with Crippen LogP contribution < -0.4 is 5.32 Å². The molecule has 0 saturated carbocycles. The highest BCUT2D eigenvalue weighted by Crippen LogP contribution is 2.27. The minimum atomic E-state index is -0.165. The molecule has 0 radical (unpaired) electrons. The third-order valence-corrected chi connectivity index (χ3v) is 4.35. The standard InChI is InChI=1S/C17H24N6O3/c1-11(2)16-21-15(22-26-16)12-4-6-23(7-5-12)17(24)20-14-8-13(9-25-3)18-10-19-14/h8,10-12H,4-7,9H2,1-3H3,(H,18,19,20,24). The molecule has 0 spiro atoms. The van der Waals surface area contributed by atoms with Gasteiger partial charge in [0.2, 0.25) is 5.89 Å². The van der Waals surface area contributed by atoms with Crippen LogP contribution in [0.1, 0.15) is 55.9 Å². The lowest BCUT2D eigenvalue weighted by molar-refractivity contribution is 0.181. The average Bonchev–Trinajstić information content (AvgIpc) is 3.13. The summed E-state index contributed by atoms with van der Waals surface area (Å²) in [5, 5.41) is 6.91. The van der Waals surface area contributed by atoms with E-state index in [0.29, 0.717) is 31.4 Å². The Labute approximate surface area is 152 Å². The summed E-state index contributed by atoms with van der Waals surface area (Å²) >= 11 is 0. The molecule has 3 heterocycles. The summed E-state index contributed by atoms with van der Waals surface area (Å²) in [5.74, 6) is 2.32. The van der Waals surface area contributed by atoms with Gasteiger partial charge in [-0.1, -0.05) is 19.0 Å². The number of urea groups is 1. The number of anilines is 1. The second kappa shape index (κ2) is 8.22. The van der Waals surface area contributed by atoms with Gasteiger partial charge in [-0.15, -0.1) is 0 Å². The molecule has 3 rings (SSSR count). The second-order valence-electron chi connectivity index (χ2n) is 6.66. The number of piperidine rings is 1. The summed E-state index contributed by atoms with van der Waals surface area (Å²) in [6.07, 6.45) is 3.03. The number of hydrogen-bond acceptors (Lipinski definition) is 7. The minimum Gasteiger partial charge on any atom is -0.378 e. The van der Waals surface area contributed by atoms with Crippen LogP contribution in [0.25, 0.3) is 0 Å². The molecule has 0 aromatic carbocycles. The smallest absolute Gasteiger partial charge is 0.323 e. The van der Waals surface area contributed by atoms with Gasteiger partial charge in [-0.3, -0.25) is 5.32 Å². The van der Waals surface area contributed by atoms with Crippen molar-refractivity contribution < 1.29 is 14.1 Å². The number of aromatic nitrogens is 4. The molecule has 0 atom stereocenters. The predicted octanol–water partition coefficient (Wildman–Crippen LogP) is 2.54. The molecule has 2 amide bonds. The van der Waals surface area contributed by atoms with Crippen molar-refractivity contribution in [3.63, 3.8) is 0 Å². The molecule has 140 valence electrons. The predicted molar refractivity (Wildman–Crippen MR) is 93.7 cm³/mol. The Morgan fingerprint density at radius 2 is 2.15 bits per heavy atom. The lowest BCUT2D eigenvalue weighted by atomic mass is 9.96. The highest BCUT2D eigenvalue weighted by atomic mass is 16.5. The van der Waals surface area contributed by atoms with Gasteiger partial charge in [0.25, 0.3) is 0 Å². The Kier molecular flexibility index (Phi) is 5.77. The van der Waals surface area contributed by atoms with Crippen molar-refractivity contribution in [3.8, 4) is 0 Å². The van der Waals surface area contributed by atoms with Gasteiger partial charge in [0.15, 0.2) is 5.82 Å². The maximum Gasteiger partial charge on any atom is 0.323 e. The number of rotatable bonds is 5. The first-order valence-corrected chi connectivity index (χ1v) is 8.76. The third kappa shape index (κ3) is 4.34. The molecular formula is C17H24N6O3. The summed E-state index contributed by atoms with van der Waals surface area (Å²) in [4.78, 5) is 26.9. The van der Waals surface area contributed by atoms with Crippen LogP contribution >= 0.6 is 0 Å². The van der Waals surface area contributed by atoms with Gasteiger partial charge in [-0.2, -0.15) is 4.98 Å². The number of amides is 2. The van der Waals surface area contributed by atoms with Gasteiger partial charge in [0, 0.05) is 38.1 Å². The molecule has 1 saturated heterocycles. The van der Waals surface area contributed by atoms with Gasteiger partial charge < -0.3 is 14.2 Å². The van der Waals surface area contributed by atoms with Crippen LogP contribution in [0.5, 0.6) is 0 Å². The van der Waals surface area contributed by atoms with Crippen LogP contribution in [0.3, 0.4) is 0 Å². The Morgan fingerprint density at radius 3 is 2.81 bits per heavy atom. The molecule has 1 N–H and O–H groups in total. The summed E-state index contributed by atoms with van der Waals surface area (Å²) in [7, 11) is 1.60. The van der Waals surface area contributed by atoms with Gasteiger partial charge >= 0.3 is 6.03 Å².